The third-order valence-corrected chi connectivity index (χ3v) is 4.70. The highest BCUT2D eigenvalue weighted by Crippen LogP contribution is 2.21. The molecule has 1 N–H and O–H groups in total. The molecule has 7 heteroatoms. The number of amides is 1. The Labute approximate surface area is 183 Å². The van der Waals surface area contributed by atoms with Gasteiger partial charge in [0.2, 0.25) is 0 Å². The van der Waals surface area contributed by atoms with E-state index in [4.69, 9.17) is 4.74 Å². The summed E-state index contributed by atoms with van der Waals surface area (Å²) in [5.74, 6) is 0.428. The Morgan fingerprint density at radius 2 is 1.50 bits per heavy atom. The normalized spacial score (nSPS) is 10.5. The van der Waals surface area contributed by atoms with Crippen LogP contribution in [-0.2, 0) is 13.1 Å². The molecule has 0 fully saturated rings. The van der Waals surface area contributed by atoms with E-state index in [0.29, 0.717) is 11.5 Å². The lowest BCUT2D eigenvalue weighted by atomic mass is 10.2. The summed E-state index contributed by atoms with van der Waals surface area (Å²) < 4.78 is 19.9. The average molecular weight is 429 g/mol. The van der Waals surface area contributed by atoms with Crippen molar-refractivity contribution in [3.63, 3.8) is 0 Å². The number of aromatic nitrogens is 2. The van der Waals surface area contributed by atoms with E-state index in [9.17, 15) is 14.0 Å². The van der Waals surface area contributed by atoms with Gasteiger partial charge in [-0.1, -0.05) is 42.5 Å². The van der Waals surface area contributed by atoms with Crippen LogP contribution in [0.2, 0.25) is 0 Å². The van der Waals surface area contributed by atoms with Crippen molar-refractivity contribution >= 4 is 5.91 Å². The van der Waals surface area contributed by atoms with Crippen molar-refractivity contribution in [3.8, 4) is 11.5 Å². The predicted octanol–water partition coefficient (Wildman–Crippen LogP) is 4.15. The van der Waals surface area contributed by atoms with Gasteiger partial charge in [-0.3, -0.25) is 9.59 Å². The number of ether oxygens (including phenoxy) is 1. The topological polar surface area (TPSA) is 73.2 Å². The second-order valence-corrected chi connectivity index (χ2v) is 7.08. The second kappa shape index (κ2) is 9.70. The highest BCUT2D eigenvalue weighted by molar-refractivity contribution is 5.91. The Morgan fingerprint density at radius 3 is 2.19 bits per heavy atom. The summed E-state index contributed by atoms with van der Waals surface area (Å²) in [6, 6.07) is 25.1. The van der Waals surface area contributed by atoms with E-state index in [1.54, 1.807) is 24.3 Å². The summed E-state index contributed by atoms with van der Waals surface area (Å²) in [7, 11) is 0. The highest BCUT2D eigenvalue weighted by atomic mass is 19.1. The third-order valence-electron chi connectivity index (χ3n) is 4.70. The van der Waals surface area contributed by atoms with Crippen LogP contribution in [-0.4, -0.2) is 15.7 Å². The summed E-state index contributed by atoms with van der Waals surface area (Å²) >= 11 is 0. The van der Waals surface area contributed by atoms with E-state index in [1.165, 1.54) is 28.9 Å². The third kappa shape index (κ3) is 5.46. The molecule has 0 unspecified atom stereocenters. The number of halogens is 1. The summed E-state index contributed by atoms with van der Waals surface area (Å²) in [6.07, 6.45) is 0. The molecule has 160 valence electrons. The molecule has 4 aromatic rings. The Kier molecular flexibility index (Phi) is 6.36. The van der Waals surface area contributed by atoms with Gasteiger partial charge in [0.1, 0.15) is 23.0 Å². The predicted molar refractivity (Wildman–Crippen MR) is 118 cm³/mol. The lowest BCUT2D eigenvalue weighted by Gasteiger charge is -2.09. The van der Waals surface area contributed by atoms with E-state index < -0.39 is 0 Å². The van der Waals surface area contributed by atoms with Gasteiger partial charge >= 0.3 is 0 Å². The van der Waals surface area contributed by atoms with Gasteiger partial charge in [-0.15, -0.1) is 0 Å². The van der Waals surface area contributed by atoms with Gasteiger partial charge in [0, 0.05) is 12.6 Å². The van der Waals surface area contributed by atoms with Crippen LogP contribution >= 0.6 is 0 Å². The molecule has 0 bridgehead atoms. The van der Waals surface area contributed by atoms with Gasteiger partial charge in [-0.25, -0.2) is 9.07 Å². The van der Waals surface area contributed by atoms with Crippen LogP contribution in [0.1, 0.15) is 21.6 Å². The fourth-order valence-corrected chi connectivity index (χ4v) is 3.03. The fraction of sp³-hybridized carbons (Fsp3) is 0.0800. The molecule has 0 aliphatic rings. The molecular formula is C25H20FN3O3. The lowest BCUT2D eigenvalue weighted by molar-refractivity contribution is 0.0943. The number of benzene rings is 3. The minimum absolute atomic E-state index is 0.164. The van der Waals surface area contributed by atoms with Crippen LogP contribution in [0.15, 0.2) is 95.8 Å². The van der Waals surface area contributed by atoms with Gasteiger partial charge in [0.15, 0.2) is 0 Å². The average Bonchev–Trinajstić information content (AvgIpc) is 2.82. The Balaban J connectivity index is 1.36. The van der Waals surface area contributed by atoms with Crippen molar-refractivity contribution in [3.05, 3.63) is 124 Å². The summed E-state index contributed by atoms with van der Waals surface area (Å²) in [5, 5.41) is 6.99. The number of nitrogens with zero attached hydrogens (tertiary/aromatic N) is 2. The zero-order valence-electron chi connectivity index (χ0n) is 17.1. The van der Waals surface area contributed by atoms with Crippen LogP contribution in [0.25, 0.3) is 0 Å². The number of rotatable bonds is 7. The molecule has 0 aliphatic heterocycles. The molecule has 4 rings (SSSR count). The molecule has 0 aliphatic carbocycles. The molecule has 0 atom stereocenters. The minimum atomic E-state index is -0.376. The van der Waals surface area contributed by atoms with Crippen LogP contribution in [0.5, 0.6) is 11.5 Å². The maximum Gasteiger partial charge on any atom is 0.271 e. The molecule has 1 aromatic heterocycles. The number of hydrogen-bond acceptors (Lipinski definition) is 4. The van der Waals surface area contributed by atoms with Gasteiger partial charge in [-0.2, -0.15) is 5.10 Å². The number of carbonyl (C=O) groups excluding carboxylic acids is 1. The SMILES string of the molecule is O=C(NCc1ccc(Oc2ccc(F)cc2)cc1)c1ccc(=O)n(Cc2ccccc2)n1. The summed E-state index contributed by atoms with van der Waals surface area (Å²) in [5.41, 5.74) is 1.67. The van der Waals surface area contributed by atoms with Crippen molar-refractivity contribution in [1.29, 1.82) is 0 Å². The van der Waals surface area contributed by atoms with Crippen molar-refractivity contribution in [1.82, 2.24) is 15.1 Å². The van der Waals surface area contributed by atoms with E-state index >= 15 is 0 Å². The highest BCUT2D eigenvalue weighted by Gasteiger charge is 2.10. The van der Waals surface area contributed by atoms with Crippen LogP contribution < -0.4 is 15.6 Å². The minimum Gasteiger partial charge on any atom is -0.457 e. The van der Waals surface area contributed by atoms with Gasteiger partial charge < -0.3 is 10.1 Å². The largest absolute Gasteiger partial charge is 0.457 e. The van der Waals surface area contributed by atoms with Crippen molar-refractivity contribution < 1.29 is 13.9 Å². The maximum atomic E-state index is 13.0. The molecule has 1 heterocycles. The first-order valence-corrected chi connectivity index (χ1v) is 9.99. The first-order valence-electron chi connectivity index (χ1n) is 9.99. The lowest BCUT2D eigenvalue weighted by Crippen LogP contribution is -2.29. The zero-order valence-corrected chi connectivity index (χ0v) is 17.1. The second-order valence-electron chi connectivity index (χ2n) is 7.08. The van der Waals surface area contributed by atoms with Gasteiger partial charge in [-0.05, 0) is 53.6 Å². The molecule has 3 aromatic carbocycles. The standard InChI is InChI=1S/C25H20FN3O3/c26-20-8-12-22(13-9-20)32-21-10-6-18(7-11-21)16-27-25(31)23-14-15-24(30)29(28-23)17-19-4-2-1-3-5-19/h1-15H,16-17H2,(H,27,31). The fourth-order valence-electron chi connectivity index (χ4n) is 3.03. The zero-order chi connectivity index (χ0) is 22.3. The Bertz CT molecular complexity index is 1250. The van der Waals surface area contributed by atoms with Crippen LogP contribution in [0.4, 0.5) is 4.39 Å². The van der Waals surface area contributed by atoms with E-state index in [1.807, 2.05) is 42.5 Å². The van der Waals surface area contributed by atoms with Crippen LogP contribution in [0, 0.1) is 5.82 Å². The Morgan fingerprint density at radius 1 is 0.844 bits per heavy atom. The van der Waals surface area contributed by atoms with E-state index in [-0.39, 0.29) is 36.1 Å². The first-order chi connectivity index (χ1) is 15.6. The van der Waals surface area contributed by atoms with Crippen molar-refractivity contribution in [2.24, 2.45) is 0 Å². The molecule has 0 spiro atoms. The Hall–Kier alpha value is -4.26. The summed E-state index contributed by atoms with van der Waals surface area (Å²) in [6.45, 7) is 0.575. The molecule has 0 radical (unpaired) electrons. The summed E-state index contributed by atoms with van der Waals surface area (Å²) in [4.78, 5) is 24.6. The number of hydrogen-bond donors (Lipinski definition) is 1. The molecule has 1 amide bonds. The van der Waals surface area contributed by atoms with Gasteiger partial charge in [0.05, 0.1) is 6.54 Å². The first kappa shape index (κ1) is 21.0. The number of nitrogens with one attached hydrogen (secondary N) is 1. The van der Waals surface area contributed by atoms with E-state index in [0.717, 1.165) is 11.1 Å². The molecular weight excluding hydrogens is 409 g/mol. The van der Waals surface area contributed by atoms with E-state index in [2.05, 4.69) is 10.4 Å². The van der Waals surface area contributed by atoms with Gasteiger partial charge in [0.25, 0.3) is 11.5 Å². The molecule has 0 saturated carbocycles. The van der Waals surface area contributed by atoms with Crippen molar-refractivity contribution in [2.75, 3.05) is 0 Å². The molecule has 32 heavy (non-hydrogen) atoms. The molecule has 6 nitrogen and oxygen atoms in total. The maximum absolute atomic E-state index is 13.0. The number of carbonyl (C=O) groups is 1. The molecule has 0 saturated heterocycles. The van der Waals surface area contributed by atoms with Crippen molar-refractivity contribution in [2.45, 2.75) is 13.1 Å². The monoisotopic (exact) mass is 429 g/mol. The quantitative estimate of drug-likeness (QED) is 0.479. The van der Waals surface area contributed by atoms with Crippen LogP contribution in [0.3, 0.4) is 0 Å². The smallest absolute Gasteiger partial charge is 0.271 e.